The van der Waals surface area contributed by atoms with E-state index in [4.69, 9.17) is 10.5 Å². The normalized spacial score (nSPS) is 15.2. The predicted octanol–water partition coefficient (Wildman–Crippen LogP) is 4.68. The van der Waals surface area contributed by atoms with Gasteiger partial charge in [-0.2, -0.15) is 0 Å². The van der Waals surface area contributed by atoms with E-state index in [0.29, 0.717) is 18.5 Å². The van der Waals surface area contributed by atoms with E-state index in [2.05, 4.69) is 58.6 Å². The van der Waals surface area contributed by atoms with Crippen LogP contribution in [-0.4, -0.2) is 36.1 Å². The monoisotopic (exact) mass is 392 g/mol. The molecule has 2 heterocycles. The third kappa shape index (κ3) is 5.46. The molecule has 5 nitrogen and oxygen atoms in total. The van der Waals surface area contributed by atoms with Crippen LogP contribution in [0, 0.1) is 0 Å². The lowest BCUT2D eigenvalue weighted by Gasteiger charge is -2.28. The van der Waals surface area contributed by atoms with Gasteiger partial charge in [-0.25, -0.2) is 4.98 Å². The van der Waals surface area contributed by atoms with Crippen molar-refractivity contribution in [1.82, 2.24) is 9.88 Å². The van der Waals surface area contributed by atoms with Crippen molar-refractivity contribution in [3.05, 3.63) is 65.9 Å². The number of rotatable bonds is 6. The van der Waals surface area contributed by atoms with Gasteiger partial charge in [0.25, 0.3) is 0 Å². The summed E-state index contributed by atoms with van der Waals surface area (Å²) in [6.45, 7) is 3.72. The van der Waals surface area contributed by atoms with Gasteiger partial charge in [0.05, 0.1) is 12.7 Å². The number of ether oxygens (including phenoxy) is 1. The van der Waals surface area contributed by atoms with Crippen molar-refractivity contribution in [2.45, 2.75) is 39.5 Å². The Morgan fingerprint density at radius 1 is 1.07 bits per heavy atom. The molecule has 29 heavy (non-hydrogen) atoms. The highest BCUT2D eigenvalue weighted by molar-refractivity contribution is 5.91. The number of hydrogen-bond donors (Lipinski definition) is 2. The second kappa shape index (κ2) is 9.72. The molecule has 0 atom stereocenters. The highest BCUT2D eigenvalue weighted by Crippen LogP contribution is 2.21. The largest absolute Gasteiger partial charge is 0.383 e. The zero-order valence-electron chi connectivity index (χ0n) is 16.4. The van der Waals surface area contributed by atoms with Crippen molar-refractivity contribution in [3.63, 3.8) is 0 Å². The molecule has 0 radical (unpaired) electrons. The van der Waals surface area contributed by atoms with Gasteiger partial charge >= 0.3 is 0 Å². The van der Waals surface area contributed by atoms with Crippen LogP contribution in [0.3, 0.4) is 0 Å². The Morgan fingerprint density at radius 3 is 2.55 bits per heavy atom. The Labute approximate surface area is 173 Å². The minimum absolute atomic E-state index is 0. The topological polar surface area (TPSA) is 63.4 Å². The Hall–Kier alpha value is -2.63. The van der Waals surface area contributed by atoms with Gasteiger partial charge in [-0.3, -0.25) is 0 Å². The number of likely N-dealkylation sites (tertiary alicyclic amines) is 1. The van der Waals surface area contributed by atoms with Crippen LogP contribution in [0.2, 0.25) is 0 Å². The van der Waals surface area contributed by atoms with Crippen molar-refractivity contribution >= 4 is 22.3 Å². The molecule has 0 spiro atoms. The lowest BCUT2D eigenvalue weighted by molar-refractivity contribution is 0.00214. The molecule has 0 unspecified atom stereocenters. The summed E-state index contributed by atoms with van der Waals surface area (Å²) in [4.78, 5) is 6.50. The van der Waals surface area contributed by atoms with Crippen molar-refractivity contribution in [2.24, 2.45) is 0 Å². The summed E-state index contributed by atoms with van der Waals surface area (Å²) in [6, 6.07) is 16.8. The second-order valence-electron chi connectivity index (χ2n) is 7.62. The minimum Gasteiger partial charge on any atom is -0.383 e. The van der Waals surface area contributed by atoms with E-state index in [1.807, 2.05) is 12.1 Å². The first-order valence-electron chi connectivity index (χ1n) is 9.93. The molecule has 1 fully saturated rings. The van der Waals surface area contributed by atoms with Crippen LogP contribution >= 0.6 is 0 Å². The molecule has 3 N–H and O–H groups in total. The molecule has 154 valence electrons. The zero-order chi connectivity index (χ0) is 19.3. The fraction of sp³-hybridized carbons (Fsp3) is 0.375. The van der Waals surface area contributed by atoms with Crippen LogP contribution in [0.25, 0.3) is 10.8 Å². The zero-order valence-corrected chi connectivity index (χ0v) is 16.4. The highest BCUT2D eigenvalue weighted by atomic mass is 16.5. The molecule has 1 aromatic heterocycles. The van der Waals surface area contributed by atoms with Gasteiger partial charge in [-0.15, -0.1) is 0 Å². The summed E-state index contributed by atoms with van der Waals surface area (Å²) >= 11 is 0. The quantitative estimate of drug-likeness (QED) is 0.638. The lowest BCUT2D eigenvalue weighted by Crippen LogP contribution is -2.34. The molecule has 4 rings (SSSR count). The molecule has 0 saturated carbocycles. The Balaban J connectivity index is 0.00000240. The summed E-state index contributed by atoms with van der Waals surface area (Å²) in [6.07, 6.45) is 4.40. The van der Waals surface area contributed by atoms with Crippen LogP contribution in [-0.2, 0) is 17.9 Å². The third-order valence-corrected chi connectivity index (χ3v) is 5.46. The number of piperidine rings is 1. The number of nitrogens with two attached hydrogens (primary N) is 1. The first-order valence-corrected chi connectivity index (χ1v) is 9.93. The Bertz CT molecular complexity index is 918. The number of anilines is 2. The van der Waals surface area contributed by atoms with Gasteiger partial charge in [0.1, 0.15) is 5.82 Å². The smallest absolute Gasteiger partial charge is 0.131 e. The van der Waals surface area contributed by atoms with Crippen molar-refractivity contribution in [2.75, 3.05) is 31.2 Å². The predicted molar refractivity (Wildman–Crippen MR) is 122 cm³/mol. The molecule has 2 aromatic carbocycles. The first-order chi connectivity index (χ1) is 13.7. The summed E-state index contributed by atoms with van der Waals surface area (Å²) < 4.78 is 6.07. The Kier molecular flexibility index (Phi) is 7.07. The fourth-order valence-corrected chi connectivity index (χ4v) is 3.65. The average molecular weight is 393 g/mol. The van der Waals surface area contributed by atoms with E-state index >= 15 is 0 Å². The van der Waals surface area contributed by atoms with Crippen molar-refractivity contribution in [1.29, 1.82) is 0 Å². The van der Waals surface area contributed by atoms with Gasteiger partial charge in [0.2, 0.25) is 0 Å². The maximum atomic E-state index is 6.07. The molecular weight excluding hydrogens is 360 g/mol. The second-order valence-corrected chi connectivity index (χ2v) is 7.62. The molecule has 1 aliphatic rings. The highest BCUT2D eigenvalue weighted by Gasteiger charge is 2.16. The van der Waals surface area contributed by atoms with Gasteiger partial charge in [0.15, 0.2) is 0 Å². The van der Waals surface area contributed by atoms with E-state index in [1.54, 1.807) is 6.20 Å². The molecule has 1 aliphatic heterocycles. The van der Waals surface area contributed by atoms with Crippen molar-refractivity contribution < 1.29 is 4.74 Å². The number of pyridine rings is 1. The fourth-order valence-electron chi connectivity index (χ4n) is 3.65. The summed E-state index contributed by atoms with van der Waals surface area (Å²) in [5, 5.41) is 5.60. The number of nitrogens with one attached hydrogen (secondary N) is 1. The average Bonchev–Trinajstić information content (AvgIpc) is 2.73. The van der Waals surface area contributed by atoms with Crippen LogP contribution in [0.4, 0.5) is 11.5 Å². The molecule has 0 amide bonds. The van der Waals surface area contributed by atoms with E-state index in [1.165, 1.54) is 11.1 Å². The first kappa shape index (κ1) is 21.1. The lowest BCUT2D eigenvalue weighted by atomic mass is 10.1. The van der Waals surface area contributed by atoms with Gasteiger partial charge < -0.3 is 20.7 Å². The van der Waals surface area contributed by atoms with Gasteiger partial charge in [0, 0.05) is 36.9 Å². The molecule has 5 heteroatoms. The van der Waals surface area contributed by atoms with Crippen LogP contribution < -0.4 is 11.1 Å². The van der Waals surface area contributed by atoms with Gasteiger partial charge in [-0.05, 0) is 60.7 Å². The van der Waals surface area contributed by atoms with Crippen LogP contribution in [0.5, 0.6) is 0 Å². The third-order valence-electron chi connectivity index (χ3n) is 5.46. The van der Waals surface area contributed by atoms with Crippen LogP contribution in [0.1, 0.15) is 31.4 Å². The summed E-state index contributed by atoms with van der Waals surface area (Å²) in [5.74, 6) is 0.579. The molecular formula is C24H32N4O. The number of nitrogen functional groups attached to an aromatic ring is 1. The van der Waals surface area contributed by atoms with E-state index in [9.17, 15) is 0 Å². The minimum atomic E-state index is 0. The number of hydrogen-bond acceptors (Lipinski definition) is 5. The van der Waals surface area contributed by atoms with Gasteiger partial charge in [-0.1, -0.05) is 31.7 Å². The Morgan fingerprint density at radius 2 is 1.79 bits per heavy atom. The van der Waals surface area contributed by atoms with Crippen LogP contribution in [0.15, 0.2) is 54.7 Å². The molecule has 0 aliphatic carbocycles. The maximum absolute atomic E-state index is 6.07. The maximum Gasteiger partial charge on any atom is 0.131 e. The number of benzene rings is 2. The van der Waals surface area contributed by atoms with E-state index in [0.717, 1.165) is 48.9 Å². The number of fused-ring (bicyclic) bond motifs is 1. The number of aromatic nitrogens is 1. The molecule has 3 aromatic rings. The standard InChI is InChI=1S/C23H28N4O.CH4/c1-27-12-9-21(10-13-27)28-16-17-2-5-20(6-3-17)26-15-18-4-7-22-19(14-18)8-11-25-23(22)24;/h2-8,11,14,21,26H,9-10,12-13,15-16H2,1H3,(H2,24,25);1H4. The van der Waals surface area contributed by atoms with E-state index in [-0.39, 0.29) is 7.43 Å². The van der Waals surface area contributed by atoms with Crippen molar-refractivity contribution in [3.8, 4) is 0 Å². The molecule has 0 bridgehead atoms. The summed E-state index contributed by atoms with van der Waals surface area (Å²) in [7, 11) is 2.17. The van der Waals surface area contributed by atoms with E-state index < -0.39 is 0 Å². The summed E-state index contributed by atoms with van der Waals surface area (Å²) in [5.41, 5.74) is 9.47. The molecule has 1 saturated heterocycles. The number of nitrogens with zero attached hydrogens (tertiary/aromatic N) is 2. The SMILES string of the molecule is C.CN1CCC(OCc2ccc(NCc3ccc4c(N)nccc4c3)cc2)CC1.